The fraction of sp³-hybridized carbons (Fsp3) is 0.422. The number of methoxy groups -OCH3 is 2. The van der Waals surface area contributed by atoms with Crippen molar-refractivity contribution in [2.24, 2.45) is 11.8 Å². The lowest BCUT2D eigenvalue weighted by atomic mass is 10.0. The zero-order valence-electron chi connectivity index (χ0n) is 36.1. The number of pyridine rings is 1. The van der Waals surface area contributed by atoms with E-state index in [1.807, 2.05) is 76.2 Å². The topological polar surface area (TPSA) is 208 Å². The first-order valence-corrected chi connectivity index (χ1v) is 20.9. The third-order valence-corrected chi connectivity index (χ3v) is 11.7. The largest absolute Gasteiger partial charge is 0.453 e. The van der Waals surface area contributed by atoms with Crippen LogP contribution in [0.1, 0.15) is 71.2 Å². The Balaban J connectivity index is 1.05. The van der Waals surface area contributed by atoms with Gasteiger partial charge in [0.05, 0.1) is 55.3 Å². The van der Waals surface area contributed by atoms with E-state index in [9.17, 15) is 24.0 Å². The van der Waals surface area contributed by atoms with Gasteiger partial charge in [-0.1, -0.05) is 64.1 Å². The van der Waals surface area contributed by atoms with Crippen LogP contribution in [-0.2, 0) is 23.9 Å². The van der Waals surface area contributed by atoms with Crippen LogP contribution in [0.4, 0.5) is 9.59 Å². The molecule has 2 aromatic carbocycles. The molecular formula is C45H54N10O7. The molecule has 3 aromatic heterocycles. The lowest BCUT2D eigenvalue weighted by Crippen LogP contribution is -2.58. The Kier molecular flexibility index (Phi) is 12.9. The predicted octanol–water partition coefficient (Wildman–Crippen LogP) is 5.84. The summed E-state index contributed by atoms with van der Waals surface area (Å²) in [5.41, 5.74) is 5.94. The van der Waals surface area contributed by atoms with Crippen molar-refractivity contribution in [1.82, 2.24) is 50.3 Å². The van der Waals surface area contributed by atoms with Gasteiger partial charge >= 0.3 is 12.2 Å². The van der Waals surface area contributed by atoms with Crippen LogP contribution in [0.5, 0.6) is 0 Å². The number of likely N-dealkylation sites (tertiary alicyclic amines) is 1. The molecule has 0 spiro atoms. The van der Waals surface area contributed by atoms with Gasteiger partial charge in [0, 0.05) is 49.6 Å². The first-order chi connectivity index (χ1) is 29.8. The van der Waals surface area contributed by atoms with Gasteiger partial charge in [-0.25, -0.2) is 24.5 Å². The molecule has 0 aliphatic carbocycles. The number of aromatic nitrogens is 5. The molecule has 0 bridgehead atoms. The van der Waals surface area contributed by atoms with Crippen molar-refractivity contribution >= 4 is 40.8 Å². The van der Waals surface area contributed by atoms with E-state index in [2.05, 4.69) is 36.6 Å². The number of hydrogen-bond donors (Lipinski definition) is 4. The monoisotopic (exact) mass is 846 g/mol. The van der Waals surface area contributed by atoms with E-state index in [0.717, 1.165) is 57.5 Å². The second-order valence-corrected chi connectivity index (χ2v) is 16.5. The van der Waals surface area contributed by atoms with Crippen LogP contribution in [0, 0.1) is 11.8 Å². The molecule has 5 aromatic rings. The summed E-state index contributed by atoms with van der Waals surface area (Å²) >= 11 is 0. The van der Waals surface area contributed by atoms with E-state index in [0.29, 0.717) is 24.7 Å². The van der Waals surface area contributed by atoms with E-state index < -0.39 is 30.3 Å². The molecular weight excluding hydrogens is 793 g/mol. The normalized spacial score (nSPS) is 17.6. The van der Waals surface area contributed by atoms with Gasteiger partial charge in [0.2, 0.25) is 17.7 Å². The van der Waals surface area contributed by atoms with E-state index >= 15 is 0 Å². The van der Waals surface area contributed by atoms with Crippen molar-refractivity contribution in [3.8, 4) is 33.8 Å². The molecule has 5 heterocycles. The Morgan fingerprint density at radius 3 is 1.82 bits per heavy atom. The van der Waals surface area contributed by atoms with E-state index in [-0.39, 0.29) is 48.7 Å². The summed E-state index contributed by atoms with van der Waals surface area (Å²) in [7, 11) is 2.54. The average Bonchev–Trinajstić information content (AvgIpc) is 4.08. The first-order valence-electron chi connectivity index (χ1n) is 20.9. The Bertz CT molecular complexity index is 2440. The highest BCUT2D eigenvalue weighted by Crippen LogP contribution is 2.34. The number of nitrogens with zero attached hydrogens (tertiary/aromatic N) is 6. The fourth-order valence-electron chi connectivity index (χ4n) is 8.22. The quantitative estimate of drug-likeness (QED) is 0.125. The van der Waals surface area contributed by atoms with Gasteiger partial charge in [-0.15, -0.1) is 0 Å². The highest BCUT2D eigenvalue weighted by Gasteiger charge is 2.40. The summed E-state index contributed by atoms with van der Waals surface area (Å²) in [5, 5.41) is 6.31. The minimum absolute atomic E-state index is 0.0947. The van der Waals surface area contributed by atoms with Gasteiger partial charge in [0.15, 0.2) is 0 Å². The van der Waals surface area contributed by atoms with Crippen LogP contribution < -0.4 is 10.6 Å². The third kappa shape index (κ3) is 9.11. The second kappa shape index (κ2) is 18.5. The van der Waals surface area contributed by atoms with Crippen molar-refractivity contribution in [3.05, 3.63) is 78.6 Å². The number of imidazole rings is 2. The molecule has 62 heavy (non-hydrogen) atoms. The number of nitrogens with one attached hydrogen (secondary N) is 4. The molecule has 4 N–H and O–H groups in total. The number of amides is 5. The zero-order valence-corrected chi connectivity index (χ0v) is 36.1. The third-order valence-electron chi connectivity index (χ3n) is 11.7. The van der Waals surface area contributed by atoms with Crippen LogP contribution in [0.15, 0.2) is 67.0 Å². The molecule has 17 nitrogen and oxygen atoms in total. The smallest absolute Gasteiger partial charge is 0.407 e. The Hall–Kier alpha value is -6.78. The Morgan fingerprint density at radius 1 is 0.694 bits per heavy atom. The van der Waals surface area contributed by atoms with Crippen molar-refractivity contribution in [2.45, 2.75) is 71.6 Å². The highest BCUT2D eigenvalue weighted by molar-refractivity contribution is 5.88. The van der Waals surface area contributed by atoms with Gasteiger partial charge < -0.3 is 44.8 Å². The number of hydrogen-bond acceptors (Lipinski definition) is 10. The summed E-state index contributed by atoms with van der Waals surface area (Å²) in [6, 6.07) is 15.7. The number of benzene rings is 2. The van der Waals surface area contributed by atoms with Gasteiger partial charge in [0.1, 0.15) is 29.8 Å². The highest BCUT2D eigenvalue weighted by atomic mass is 16.5. The molecule has 0 unspecified atom stereocenters. The minimum Gasteiger partial charge on any atom is -0.453 e. The second-order valence-electron chi connectivity index (χ2n) is 16.5. The van der Waals surface area contributed by atoms with Crippen LogP contribution in [0.2, 0.25) is 0 Å². The maximum absolute atomic E-state index is 13.9. The van der Waals surface area contributed by atoms with Gasteiger partial charge in [-0.05, 0) is 48.4 Å². The number of ether oxygens (including phenoxy) is 2. The van der Waals surface area contributed by atoms with Gasteiger partial charge in [0.25, 0.3) is 0 Å². The summed E-state index contributed by atoms with van der Waals surface area (Å²) in [4.78, 5) is 90.3. The van der Waals surface area contributed by atoms with Crippen molar-refractivity contribution in [2.75, 3.05) is 40.4 Å². The van der Waals surface area contributed by atoms with E-state index in [1.165, 1.54) is 21.1 Å². The molecule has 7 rings (SSSR count). The molecule has 17 heteroatoms. The summed E-state index contributed by atoms with van der Waals surface area (Å²) in [6.45, 7) is 10.5. The number of alkyl carbamates (subject to hydrolysis) is 2. The number of piperazine rings is 1. The molecule has 0 radical (unpaired) electrons. The van der Waals surface area contributed by atoms with Crippen LogP contribution in [0.25, 0.3) is 44.7 Å². The van der Waals surface area contributed by atoms with Crippen LogP contribution in [0.3, 0.4) is 0 Å². The van der Waals surface area contributed by atoms with Crippen molar-refractivity contribution in [3.63, 3.8) is 0 Å². The average molecular weight is 847 g/mol. The molecule has 2 aliphatic rings. The predicted molar refractivity (Wildman–Crippen MR) is 231 cm³/mol. The number of carbonyl (C=O) groups is 5. The minimum atomic E-state index is -0.817. The number of fused-ring (bicyclic) bond motifs is 1. The SMILES string of the molecule is COC(=O)N[C@H](C(=O)N1CCC[C@H]1c1ncc(-c2ccc3nc(-c4ccc(-c5cnc([C@@H]6CN(C(C)=O)CCN6C(=O)[C@@H](NC(=O)OC)C(C)C)[nH]5)cc4)ccc3c2)[nH]1)C(C)C. The fourth-order valence-corrected chi connectivity index (χ4v) is 8.22. The molecule has 2 aliphatic heterocycles. The number of aromatic amines is 2. The summed E-state index contributed by atoms with van der Waals surface area (Å²) in [6.07, 6.45) is 3.77. The van der Waals surface area contributed by atoms with Gasteiger partial charge in [-0.2, -0.15) is 0 Å². The molecule has 5 amide bonds. The molecule has 2 saturated heterocycles. The van der Waals surface area contributed by atoms with Crippen molar-refractivity contribution in [1.29, 1.82) is 0 Å². The van der Waals surface area contributed by atoms with Crippen molar-refractivity contribution < 1.29 is 33.4 Å². The number of rotatable bonds is 11. The van der Waals surface area contributed by atoms with E-state index in [4.69, 9.17) is 14.5 Å². The van der Waals surface area contributed by atoms with Crippen LogP contribution >= 0.6 is 0 Å². The van der Waals surface area contributed by atoms with Gasteiger partial charge in [-0.3, -0.25) is 14.4 Å². The molecule has 2 fully saturated rings. The maximum Gasteiger partial charge on any atom is 0.407 e. The Morgan fingerprint density at radius 2 is 1.24 bits per heavy atom. The number of H-pyrrole nitrogens is 2. The molecule has 326 valence electrons. The summed E-state index contributed by atoms with van der Waals surface area (Å²) in [5.74, 6) is 0.380. The molecule has 4 atom stereocenters. The molecule has 0 saturated carbocycles. The van der Waals surface area contributed by atoms with E-state index in [1.54, 1.807) is 27.1 Å². The Labute approximate surface area is 360 Å². The zero-order chi connectivity index (χ0) is 44.2. The lowest BCUT2D eigenvalue weighted by Gasteiger charge is -2.42. The van der Waals surface area contributed by atoms with Crippen LogP contribution in [-0.4, -0.2) is 122 Å². The first kappa shape index (κ1) is 43.3. The standard InChI is InChI=1S/C45H54N10O7/c1-25(2)38(51-44(59)61-6)42(57)54-18-8-9-36(54)40-46-23-35(50-40)31-15-17-33-30(21-31)14-16-32(48-33)28-10-12-29(13-11-28)34-22-47-41(49-34)37-24-53(27(5)56)19-20-55(37)43(58)39(26(3)4)52-45(60)62-7/h10-17,21-23,25-26,36-39H,8-9,18-20,24H2,1-7H3,(H,46,50)(H,47,49)(H,51,59)(H,52,60)/t36-,37-,38-,39-/m0/s1. The maximum atomic E-state index is 13.9. The summed E-state index contributed by atoms with van der Waals surface area (Å²) < 4.78 is 9.54. The number of carbonyl (C=O) groups excluding carboxylic acids is 5. The lowest BCUT2D eigenvalue weighted by molar-refractivity contribution is -0.144.